The smallest absolute Gasteiger partial charge is 0.317 e. The zero-order valence-corrected chi connectivity index (χ0v) is 11.9. The second kappa shape index (κ2) is 9.17. The Morgan fingerprint density at radius 1 is 1.25 bits per heavy atom. The molecule has 0 fully saturated rings. The molecule has 1 rings (SSSR count). The lowest BCUT2D eigenvalue weighted by atomic mass is 10.1. The molecule has 6 nitrogen and oxygen atoms in total. The summed E-state index contributed by atoms with van der Waals surface area (Å²) in [5.74, 6) is 0.761. The molecule has 1 aromatic carbocycles. The largest absolute Gasteiger partial charge is 0.473 e. The van der Waals surface area contributed by atoms with Crippen molar-refractivity contribution in [1.29, 1.82) is 0 Å². The number of nitrogens with one attached hydrogen (secondary N) is 2. The minimum atomic E-state index is -0.317. The number of urea groups is 1. The molecule has 0 aliphatic heterocycles. The van der Waals surface area contributed by atoms with Crippen molar-refractivity contribution in [3.05, 3.63) is 29.3 Å². The molecule has 0 saturated carbocycles. The molecule has 0 saturated heterocycles. The summed E-state index contributed by atoms with van der Waals surface area (Å²) >= 11 is 0. The fourth-order valence-electron chi connectivity index (χ4n) is 1.53. The van der Waals surface area contributed by atoms with Gasteiger partial charge in [0.25, 0.3) is 0 Å². The Morgan fingerprint density at radius 3 is 2.80 bits per heavy atom. The summed E-state index contributed by atoms with van der Waals surface area (Å²) in [5.41, 5.74) is 2.21. The minimum absolute atomic E-state index is 0.0180. The molecule has 112 valence electrons. The van der Waals surface area contributed by atoms with Gasteiger partial charge in [-0.3, -0.25) is 0 Å². The molecule has 0 aromatic heterocycles. The van der Waals surface area contributed by atoms with Crippen LogP contribution in [0.4, 0.5) is 4.79 Å². The molecule has 0 radical (unpaired) electrons. The van der Waals surface area contributed by atoms with Crippen molar-refractivity contribution in [1.82, 2.24) is 10.6 Å². The Morgan fingerprint density at radius 2 is 2.05 bits per heavy atom. The summed E-state index contributed by atoms with van der Waals surface area (Å²) < 4.78 is 10.5. The maximum atomic E-state index is 11.4. The number of ether oxygens (including phenoxy) is 2. The Balaban J connectivity index is 2.17. The third kappa shape index (κ3) is 5.90. The van der Waals surface area contributed by atoms with Crippen LogP contribution in [-0.2, 0) is 4.74 Å². The third-order valence-electron chi connectivity index (χ3n) is 2.78. The van der Waals surface area contributed by atoms with Crippen molar-refractivity contribution in [3.63, 3.8) is 0 Å². The summed E-state index contributed by atoms with van der Waals surface area (Å²) in [6.45, 7) is 5.10. The van der Waals surface area contributed by atoms with Gasteiger partial charge in [-0.1, -0.05) is 12.1 Å². The number of carbonyl (C=O) groups excluding carboxylic acids is 1. The van der Waals surface area contributed by atoms with Gasteiger partial charge in [0.2, 0.25) is 0 Å². The first-order valence-electron chi connectivity index (χ1n) is 6.54. The van der Waals surface area contributed by atoms with Crippen LogP contribution in [0.3, 0.4) is 0 Å². The summed E-state index contributed by atoms with van der Waals surface area (Å²) in [7, 11) is 0. The maximum Gasteiger partial charge on any atom is 0.317 e. The van der Waals surface area contributed by atoms with E-state index < -0.39 is 0 Å². The summed E-state index contributed by atoms with van der Waals surface area (Å²) in [4.78, 5) is 11.4. The van der Waals surface area contributed by atoms with Crippen molar-refractivity contribution in [2.75, 3.05) is 33.1 Å². The molecule has 0 aliphatic rings. The summed E-state index contributed by atoms with van der Waals surface area (Å²) in [5, 5.41) is 13.7. The highest BCUT2D eigenvalue weighted by atomic mass is 16.5. The highest BCUT2D eigenvalue weighted by Crippen LogP contribution is 2.19. The maximum absolute atomic E-state index is 11.4. The minimum Gasteiger partial charge on any atom is -0.473 e. The first-order chi connectivity index (χ1) is 9.65. The van der Waals surface area contributed by atoms with Gasteiger partial charge in [0.1, 0.15) is 5.75 Å². The molecule has 0 unspecified atom stereocenters. The zero-order chi connectivity index (χ0) is 14.8. The van der Waals surface area contributed by atoms with Crippen LogP contribution in [0.15, 0.2) is 18.2 Å². The van der Waals surface area contributed by atoms with Crippen molar-refractivity contribution in [3.8, 4) is 5.75 Å². The second-order valence-corrected chi connectivity index (χ2v) is 4.26. The van der Waals surface area contributed by atoms with Crippen molar-refractivity contribution in [2.45, 2.75) is 13.8 Å². The van der Waals surface area contributed by atoms with Gasteiger partial charge in [0, 0.05) is 6.54 Å². The number of rotatable bonds is 8. The lowest BCUT2D eigenvalue weighted by Gasteiger charge is -2.12. The summed E-state index contributed by atoms with van der Waals surface area (Å²) in [6.07, 6.45) is 0. The average Bonchev–Trinajstić information content (AvgIpc) is 2.43. The van der Waals surface area contributed by atoms with Gasteiger partial charge < -0.3 is 25.2 Å². The van der Waals surface area contributed by atoms with E-state index in [2.05, 4.69) is 10.6 Å². The zero-order valence-electron chi connectivity index (χ0n) is 11.9. The number of hydrogen-bond acceptors (Lipinski definition) is 4. The Bertz CT molecular complexity index is 424. The van der Waals surface area contributed by atoms with Gasteiger partial charge in [-0.2, -0.15) is 0 Å². The SMILES string of the molecule is Cc1cccc(OCNC(=O)NCCOCCO)c1C. The number of aliphatic hydroxyl groups is 1. The molecular formula is C14H22N2O4. The molecule has 0 spiro atoms. The predicted molar refractivity (Wildman–Crippen MR) is 75.9 cm³/mol. The van der Waals surface area contributed by atoms with E-state index in [1.807, 2.05) is 32.0 Å². The van der Waals surface area contributed by atoms with Crippen molar-refractivity contribution in [2.24, 2.45) is 0 Å². The Kier molecular flexibility index (Phi) is 7.46. The van der Waals surface area contributed by atoms with E-state index in [1.54, 1.807) is 0 Å². The molecule has 20 heavy (non-hydrogen) atoms. The average molecular weight is 282 g/mol. The van der Waals surface area contributed by atoms with Crippen LogP contribution >= 0.6 is 0 Å². The van der Waals surface area contributed by atoms with E-state index in [0.29, 0.717) is 13.2 Å². The Hall–Kier alpha value is -1.79. The lowest BCUT2D eigenvalue weighted by molar-refractivity contribution is 0.0945. The van der Waals surface area contributed by atoms with Gasteiger partial charge in [0.05, 0.1) is 19.8 Å². The first-order valence-corrected chi connectivity index (χ1v) is 6.54. The second-order valence-electron chi connectivity index (χ2n) is 4.26. The van der Waals surface area contributed by atoms with Crippen molar-refractivity contribution >= 4 is 6.03 Å². The highest BCUT2D eigenvalue weighted by Gasteiger charge is 2.03. The number of aliphatic hydroxyl groups excluding tert-OH is 1. The van der Waals surface area contributed by atoms with E-state index in [1.165, 1.54) is 0 Å². The standard InChI is InChI=1S/C14H22N2O4/c1-11-4-3-5-13(12(11)2)20-10-16-14(18)15-6-8-19-9-7-17/h3-5,17H,6-10H2,1-2H3,(H2,15,16,18). The normalized spacial score (nSPS) is 10.2. The molecule has 6 heteroatoms. The van der Waals surface area contributed by atoms with Crippen LogP contribution in [0.2, 0.25) is 0 Å². The van der Waals surface area contributed by atoms with Crippen LogP contribution in [0, 0.1) is 13.8 Å². The predicted octanol–water partition coefficient (Wildman–Crippen LogP) is 0.948. The Labute approximate surface area is 119 Å². The van der Waals surface area contributed by atoms with E-state index >= 15 is 0 Å². The van der Waals surface area contributed by atoms with E-state index in [0.717, 1.165) is 16.9 Å². The van der Waals surface area contributed by atoms with Gasteiger partial charge >= 0.3 is 6.03 Å². The molecule has 0 heterocycles. The molecular weight excluding hydrogens is 260 g/mol. The van der Waals surface area contributed by atoms with Crippen LogP contribution in [0.1, 0.15) is 11.1 Å². The van der Waals surface area contributed by atoms with Gasteiger partial charge in [-0.15, -0.1) is 0 Å². The molecule has 0 atom stereocenters. The van der Waals surface area contributed by atoms with Gasteiger partial charge in [-0.05, 0) is 31.0 Å². The van der Waals surface area contributed by atoms with Gasteiger partial charge in [0.15, 0.2) is 6.73 Å². The fraction of sp³-hybridized carbons (Fsp3) is 0.500. The van der Waals surface area contributed by atoms with Crippen molar-refractivity contribution < 1.29 is 19.4 Å². The number of amides is 2. The number of hydrogen-bond donors (Lipinski definition) is 3. The van der Waals surface area contributed by atoms with E-state index in [-0.39, 0.29) is 26.0 Å². The van der Waals surface area contributed by atoms with E-state index in [4.69, 9.17) is 14.6 Å². The molecule has 0 aliphatic carbocycles. The van der Waals surface area contributed by atoms with Crippen LogP contribution in [0.25, 0.3) is 0 Å². The molecule has 1 aromatic rings. The first kappa shape index (κ1) is 16.3. The monoisotopic (exact) mass is 282 g/mol. The molecule has 3 N–H and O–H groups in total. The van der Waals surface area contributed by atoms with Crippen LogP contribution in [-0.4, -0.2) is 44.2 Å². The number of carbonyl (C=O) groups is 1. The molecule has 0 bridgehead atoms. The number of aryl methyl sites for hydroxylation is 1. The van der Waals surface area contributed by atoms with E-state index in [9.17, 15) is 4.79 Å². The topological polar surface area (TPSA) is 79.8 Å². The quantitative estimate of drug-likeness (QED) is 0.490. The highest BCUT2D eigenvalue weighted by molar-refractivity contribution is 5.73. The summed E-state index contributed by atoms with van der Waals surface area (Å²) in [6, 6.07) is 5.47. The van der Waals surface area contributed by atoms with Crippen LogP contribution < -0.4 is 15.4 Å². The van der Waals surface area contributed by atoms with Crippen LogP contribution in [0.5, 0.6) is 5.75 Å². The third-order valence-corrected chi connectivity index (χ3v) is 2.78. The number of benzene rings is 1. The lowest BCUT2D eigenvalue weighted by Crippen LogP contribution is -2.39. The fourth-order valence-corrected chi connectivity index (χ4v) is 1.53. The van der Waals surface area contributed by atoms with Gasteiger partial charge in [-0.25, -0.2) is 4.79 Å². The molecule has 2 amide bonds.